The number of piperazine rings is 1. The van der Waals surface area contributed by atoms with Crippen LogP contribution in [-0.4, -0.2) is 70.0 Å². The van der Waals surface area contributed by atoms with E-state index in [1.165, 1.54) is 29.9 Å². The van der Waals surface area contributed by atoms with Gasteiger partial charge in [0.05, 0.1) is 28.7 Å². The summed E-state index contributed by atoms with van der Waals surface area (Å²) in [7, 11) is 0. The zero-order valence-corrected chi connectivity index (χ0v) is 18.8. The molecule has 182 valence electrons. The maximum absolute atomic E-state index is 13.1. The molecule has 2 aliphatic rings. The van der Waals surface area contributed by atoms with E-state index in [4.69, 9.17) is 0 Å². The first-order valence-corrected chi connectivity index (χ1v) is 11.2. The molecule has 2 heterocycles. The number of alkyl halides is 3. The van der Waals surface area contributed by atoms with Gasteiger partial charge in [0.25, 0.3) is 5.91 Å². The molecule has 1 saturated heterocycles. The summed E-state index contributed by atoms with van der Waals surface area (Å²) in [6.45, 7) is 3.53. The fraction of sp³-hybridized carbons (Fsp3) is 0.478. The summed E-state index contributed by atoms with van der Waals surface area (Å²) in [6.07, 6.45) is -1.34. The van der Waals surface area contributed by atoms with Gasteiger partial charge in [-0.1, -0.05) is 6.07 Å². The van der Waals surface area contributed by atoms with Gasteiger partial charge in [-0.2, -0.15) is 18.3 Å². The third-order valence-corrected chi connectivity index (χ3v) is 6.14. The molecule has 1 aromatic heterocycles. The molecule has 1 saturated carbocycles. The number of rotatable bonds is 6. The van der Waals surface area contributed by atoms with E-state index in [1.54, 1.807) is 9.80 Å². The van der Waals surface area contributed by atoms with Crippen LogP contribution in [0.4, 0.5) is 13.2 Å². The van der Waals surface area contributed by atoms with E-state index in [-0.39, 0.29) is 36.4 Å². The van der Waals surface area contributed by atoms with Gasteiger partial charge in [-0.05, 0) is 31.0 Å². The molecular formula is C23H26F3N5O3. The summed E-state index contributed by atoms with van der Waals surface area (Å²) < 4.78 is 40.8. The second kappa shape index (κ2) is 9.47. The number of amides is 3. The van der Waals surface area contributed by atoms with Crippen molar-refractivity contribution in [2.45, 2.75) is 38.3 Å². The minimum absolute atomic E-state index is 0.0171. The Balaban J connectivity index is 1.39. The highest BCUT2D eigenvalue weighted by molar-refractivity contribution is 5.95. The van der Waals surface area contributed by atoms with Crippen molar-refractivity contribution < 1.29 is 27.6 Å². The summed E-state index contributed by atoms with van der Waals surface area (Å²) in [6, 6.07) is 4.86. The topological polar surface area (TPSA) is 87.5 Å². The first kappa shape index (κ1) is 23.8. The van der Waals surface area contributed by atoms with Crippen LogP contribution in [0.5, 0.6) is 0 Å². The Labute approximate surface area is 194 Å². The number of halogens is 3. The standard InChI is InChI=1S/C23H26F3N5O3/c1-15(32)29-9-11-30(12-10-29)20(33)7-8-27-22(34)19-14-28-31(21(19)16-5-6-16)18-4-2-3-17(13-18)23(24,25)26/h2-4,13-14,16H,5-12H2,1H3,(H,27,34). The van der Waals surface area contributed by atoms with Crippen molar-refractivity contribution in [3.05, 3.63) is 47.3 Å². The van der Waals surface area contributed by atoms with Crippen LogP contribution < -0.4 is 5.32 Å². The monoisotopic (exact) mass is 477 g/mol. The van der Waals surface area contributed by atoms with Crippen LogP contribution in [0.1, 0.15) is 53.7 Å². The van der Waals surface area contributed by atoms with Gasteiger partial charge in [0.1, 0.15) is 0 Å². The Morgan fingerprint density at radius 1 is 1.09 bits per heavy atom. The molecule has 2 aromatic rings. The lowest BCUT2D eigenvalue weighted by molar-refractivity contribution is -0.138. The summed E-state index contributed by atoms with van der Waals surface area (Å²) in [5, 5.41) is 6.95. The van der Waals surface area contributed by atoms with Crippen molar-refractivity contribution in [1.82, 2.24) is 24.9 Å². The smallest absolute Gasteiger partial charge is 0.351 e. The van der Waals surface area contributed by atoms with E-state index in [1.807, 2.05) is 0 Å². The van der Waals surface area contributed by atoms with Crippen LogP contribution in [0.15, 0.2) is 30.5 Å². The van der Waals surface area contributed by atoms with Gasteiger partial charge >= 0.3 is 6.18 Å². The average Bonchev–Trinajstić information content (AvgIpc) is 3.55. The number of hydrogen-bond acceptors (Lipinski definition) is 4. The van der Waals surface area contributed by atoms with Crippen LogP contribution in [0.2, 0.25) is 0 Å². The van der Waals surface area contributed by atoms with E-state index in [9.17, 15) is 27.6 Å². The Kier molecular flexibility index (Phi) is 6.63. The molecule has 4 rings (SSSR count). The van der Waals surface area contributed by atoms with E-state index in [0.717, 1.165) is 25.0 Å². The molecule has 0 spiro atoms. The van der Waals surface area contributed by atoms with Gasteiger partial charge in [-0.3, -0.25) is 14.4 Å². The highest BCUT2D eigenvalue weighted by Gasteiger charge is 2.34. The molecule has 0 radical (unpaired) electrons. The largest absolute Gasteiger partial charge is 0.416 e. The minimum Gasteiger partial charge on any atom is -0.351 e. The van der Waals surface area contributed by atoms with Crippen LogP contribution in [0, 0.1) is 0 Å². The van der Waals surface area contributed by atoms with E-state index in [2.05, 4.69) is 10.4 Å². The lowest BCUT2D eigenvalue weighted by atomic mass is 10.1. The normalized spacial score (nSPS) is 16.5. The number of nitrogens with zero attached hydrogens (tertiary/aromatic N) is 4. The zero-order valence-electron chi connectivity index (χ0n) is 18.8. The number of benzene rings is 1. The third-order valence-electron chi connectivity index (χ3n) is 6.14. The summed E-state index contributed by atoms with van der Waals surface area (Å²) in [5.41, 5.74) is 0.359. The average molecular weight is 477 g/mol. The van der Waals surface area contributed by atoms with Crippen molar-refractivity contribution >= 4 is 17.7 Å². The molecule has 1 aliphatic carbocycles. The molecule has 8 nitrogen and oxygen atoms in total. The van der Waals surface area contributed by atoms with Crippen molar-refractivity contribution in [3.63, 3.8) is 0 Å². The van der Waals surface area contributed by atoms with Gasteiger partial charge < -0.3 is 15.1 Å². The van der Waals surface area contributed by atoms with E-state index < -0.39 is 17.6 Å². The molecule has 3 amide bonds. The maximum atomic E-state index is 13.1. The predicted octanol–water partition coefficient (Wildman–Crippen LogP) is 2.58. The van der Waals surface area contributed by atoms with Crippen molar-refractivity contribution in [3.8, 4) is 5.69 Å². The van der Waals surface area contributed by atoms with Crippen LogP contribution in [0.25, 0.3) is 5.69 Å². The van der Waals surface area contributed by atoms with Gasteiger partial charge in [0, 0.05) is 52.0 Å². The van der Waals surface area contributed by atoms with Crippen LogP contribution in [0.3, 0.4) is 0 Å². The first-order valence-electron chi connectivity index (χ1n) is 11.2. The number of carbonyl (C=O) groups excluding carboxylic acids is 3. The molecule has 1 aliphatic heterocycles. The molecule has 1 N–H and O–H groups in total. The second-order valence-electron chi connectivity index (χ2n) is 8.57. The van der Waals surface area contributed by atoms with E-state index in [0.29, 0.717) is 37.4 Å². The molecular weight excluding hydrogens is 451 g/mol. The SMILES string of the molecule is CC(=O)N1CCN(C(=O)CCNC(=O)c2cnn(-c3cccc(C(F)(F)F)c3)c2C2CC2)CC1. The number of nitrogens with one attached hydrogen (secondary N) is 1. The summed E-state index contributed by atoms with van der Waals surface area (Å²) in [4.78, 5) is 40.0. The van der Waals surface area contributed by atoms with E-state index >= 15 is 0 Å². The molecule has 0 bridgehead atoms. The van der Waals surface area contributed by atoms with Crippen molar-refractivity contribution in [2.75, 3.05) is 32.7 Å². The molecule has 34 heavy (non-hydrogen) atoms. The quantitative estimate of drug-likeness (QED) is 0.693. The van der Waals surface area contributed by atoms with Gasteiger partial charge in [-0.25, -0.2) is 4.68 Å². The summed E-state index contributed by atoms with van der Waals surface area (Å²) in [5.74, 6) is -0.478. The lowest BCUT2D eigenvalue weighted by Crippen LogP contribution is -2.50. The first-order chi connectivity index (χ1) is 16.1. The Morgan fingerprint density at radius 2 is 1.76 bits per heavy atom. The van der Waals surface area contributed by atoms with Crippen LogP contribution in [-0.2, 0) is 15.8 Å². The number of aromatic nitrogens is 2. The summed E-state index contributed by atoms with van der Waals surface area (Å²) >= 11 is 0. The molecule has 0 atom stereocenters. The minimum atomic E-state index is -4.48. The van der Waals surface area contributed by atoms with Crippen molar-refractivity contribution in [2.24, 2.45) is 0 Å². The fourth-order valence-corrected chi connectivity index (χ4v) is 4.11. The highest BCUT2D eigenvalue weighted by atomic mass is 19.4. The Morgan fingerprint density at radius 3 is 2.38 bits per heavy atom. The third kappa shape index (κ3) is 5.23. The van der Waals surface area contributed by atoms with Crippen molar-refractivity contribution in [1.29, 1.82) is 0 Å². The Bertz CT molecular complexity index is 1090. The van der Waals surface area contributed by atoms with Crippen LogP contribution >= 0.6 is 0 Å². The molecule has 2 fully saturated rings. The number of hydrogen-bond donors (Lipinski definition) is 1. The fourth-order valence-electron chi connectivity index (χ4n) is 4.11. The zero-order chi connectivity index (χ0) is 24.5. The molecule has 1 aromatic carbocycles. The highest BCUT2D eigenvalue weighted by Crippen LogP contribution is 2.42. The molecule has 11 heteroatoms. The van der Waals surface area contributed by atoms with Gasteiger partial charge in [0.2, 0.25) is 11.8 Å². The molecule has 0 unspecified atom stereocenters. The maximum Gasteiger partial charge on any atom is 0.416 e. The number of carbonyl (C=O) groups is 3. The van der Waals surface area contributed by atoms with Gasteiger partial charge in [0.15, 0.2) is 0 Å². The van der Waals surface area contributed by atoms with Gasteiger partial charge in [-0.15, -0.1) is 0 Å². The Hall–Kier alpha value is -3.37. The second-order valence-corrected chi connectivity index (χ2v) is 8.57. The predicted molar refractivity (Wildman–Crippen MR) is 116 cm³/mol. The lowest BCUT2D eigenvalue weighted by Gasteiger charge is -2.34.